The van der Waals surface area contributed by atoms with Gasteiger partial charge >= 0.3 is 5.97 Å². The molecule has 1 unspecified atom stereocenters. The van der Waals surface area contributed by atoms with Crippen molar-refractivity contribution in [1.29, 1.82) is 0 Å². The molecule has 0 spiro atoms. The second-order valence-electron chi connectivity index (χ2n) is 4.75. The summed E-state index contributed by atoms with van der Waals surface area (Å²) in [5, 5.41) is 12.0. The maximum absolute atomic E-state index is 11.1. The van der Waals surface area contributed by atoms with Crippen LogP contribution in [0.3, 0.4) is 0 Å². The molecule has 0 aliphatic carbocycles. The van der Waals surface area contributed by atoms with E-state index in [1.807, 2.05) is 0 Å². The highest BCUT2D eigenvalue weighted by molar-refractivity contribution is 7.99. The van der Waals surface area contributed by atoms with Crippen LogP contribution in [0, 0.1) is 13.8 Å². The Hall–Kier alpha value is -1.00. The van der Waals surface area contributed by atoms with E-state index in [2.05, 4.69) is 37.4 Å². The summed E-state index contributed by atoms with van der Waals surface area (Å²) in [7, 11) is 1.69. The molecule has 2 N–H and O–H groups in total. The van der Waals surface area contributed by atoms with Gasteiger partial charge in [0.1, 0.15) is 5.54 Å². The summed E-state index contributed by atoms with van der Waals surface area (Å²) in [5.74, 6) is -0.0145. The fourth-order valence-electron chi connectivity index (χ4n) is 1.67. The Morgan fingerprint density at radius 3 is 2.61 bits per heavy atom. The van der Waals surface area contributed by atoms with E-state index < -0.39 is 11.5 Å². The highest BCUT2D eigenvalue weighted by Crippen LogP contribution is 2.25. The maximum Gasteiger partial charge on any atom is 0.323 e. The predicted molar refractivity (Wildman–Crippen MR) is 76.4 cm³/mol. The number of carboxylic acids is 1. The van der Waals surface area contributed by atoms with Gasteiger partial charge in [0.2, 0.25) is 0 Å². The average Bonchev–Trinajstić information content (AvgIpc) is 2.31. The minimum atomic E-state index is -0.842. The fraction of sp³-hybridized carbons (Fsp3) is 0.500. The standard InChI is InChI=1S/C14H21NO2S/c1-10-5-6-12(11(2)9-10)18-8-7-14(3,15-4)13(16)17/h5-6,9,15H,7-8H2,1-4H3,(H,16,17). The zero-order valence-corrected chi connectivity index (χ0v) is 12.2. The number of likely N-dealkylation sites (N-methyl/N-ethyl adjacent to an activating group) is 1. The van der Waals surface area contributed by atoms with Gasteiger partial charge in [0.15, 0.2) is 0 Å². The first-order valence-electron chi connectivity index (χ1n) is 6.01. The van der Waals surface area contributed by atoms with E-state index in [9.17, 15) is 4.79 Å². The average molecular weight is 267 g/mol. The summed E-state index contributed by atoms with van der Waals surface area (Å²) < 4.78 is 0. The Kier molecular flexibility index (Phi) is 5.23. The molecule has 0 radical (unpaired) electrons. The molecule has 0 fully saturated rings. The largest absolute Gasteiger partial charge is 0.480 e. The lowest BCUT2D eigenvalue weighted by molar-refractivity contribution is -0.144. The second kappa shape index (κ2) is 6.25. The summed E-state index contributed by atoms with van der Waals surface area (Å²) in [4.78, 5) is 12.4. The van der Waals surface area contributed by atoms with Crippen LogP contribution in [0.2, 0.25) is 0 Å². The van der Waals surface area contributed by atoms with E-state index in [4.69, 9.17) is 5.11 Å². The smallest absolute Gasteiger partial charge is 0.323 e. The third kappa shape index (κ3) is 3.75. The van der Waals surface area contributed by atoms with Crippen LogP contribution in [-0.4, -0.2) is 29.4 Å². The van der Waals surface area contributed by atoms with E-state index in [1.54, 1.807) is 25.7 Å². The third-order valence-corrected chi connectivity index (χ3v) is 4.39. The van der Waals surface area contributed by atoms with Crippen LogP contribution < -0.4 is 5.32 Å². The van der Waals surface area contributed by atoms with Crippen molar-refractivity contribution in [3.05, 3.63) is 29.3 Å². The van der Waals surface area contributed by atoms with Gasteiger partial charge in [-0.15, -0.1) is 11.8 Å². The zero-order valence-electron chi connectivity index (χ0n) is 11.4. The Labute approximate surface area is 113 Å². The molecule has 1 rings (SSSR count). The van der Waals surface area contributed by atoms with Gasteiger partial charge in [0, 0.05) is 10.6 Å². The first kappa shape index (κ1) is 15.1. The normalized spacial score (nSPS) is 14.2. The van der Waals surface area contributed by atoms with E-state index >= 15 is 0 Å². The van der Waals surface area contributed by atoms with Crippen LogP contribution in [0.1, 0.15) is 24.5 Å². The Morgan fingerprint density at radius 1 is 1.44 bits per heavy atom. The van der Waals surface area contributed by atoms with Crippen molar-refractivity contribution in [3.8, 4) is 0 Å². The highest BCUT2D eigenvalue weighted by atomic mass is 32.2. The Morgan fingerprint density at radius 2 is 2.11 bits per heavy atom. The van der Waals surface area contributed by atoms with E-state index in [0.717, 1.165) is 5.75 Å². The molecule has 0 amide bonds. The van der Waals surface area contributed by atoms with Gasteiger partial charge in [0.25, 0.3) is 0 Å². The molecule has 0 heterocycles. The van der Waals surface area contributed by atoms with Crippen LogP contribution in [0.25, 0.3) is 0 Å². The van der Waals surface area contributed by atoms with Crippen LogP contribution in [0.15, 0.2) is 23.1 Å². The number of aryl methyl sites for hydroxylation is 2. The molecule has 100 valence electrons. The minimum absolute atomic E-state index is 0.594. The molecule has 0 aromatic heterocycles. The van der Waals surface area contributed by atoms with Gasteiger partial charge in [-0.3, -0.25) is 4.79 Å². The van der Waals surface area contributed by atoms with Gasteiger partial charge in [0.05, 0.1) is 0 Å². The lowest BCUT2D eigenvalue weighted by Gasteiger charge is -2.23. The van der Waals surface area contributed by atoms with Gasteiger partial charge in [-0.25, -0.2) is 0 Å². The minimum Gasteiger partial charge on any atom is -0.480 e. The molecule has 1 aromatic carbocycles. The molecule has 1 aromatic rings. The van der Waals surface area contributed by atoms with Gasteiger partial charge in [-0.05, 0) is 45.9 Å². The lowest BCUT2D eigenvalue weighted by atomic mass is 10.00. The fourth-order valence-corrected chi connectivity index (χ4v) is 2.85. The summed E-state index contributed by atoms with van der Waals surface area (Å²) in [5.41, 5.74) is 1.66. The van der Waals surface area contributed by atoms with Crippen LogP contribution in [0.4, 0.5) is 0 Å². The molecule has 0 saturated carbocycles. The van der Waals surface area contributed by atoms with Gasteiger partial charge in [-0.2, -0.15) is 0 Å². The summed E-state index contributed by atoms with van der Waals surface area (Å²) in [6, 6.07) is 6.34. The number of benzene rings is 1. The number of nitrogens with one attached hydrogen (secondary N) is 1. The molecule has 3 nitrogen and oxygen atoms in total. The molecule has 0 saturated heterocycles. The number of aliphatic carboxylic acids is 1. The third-order valence-electron chi connectivity index (χ3n) is 3.21. The number of hydrogen-bond donors (Lipinski definition) is 2. The van der Waals surface area contributed by atoms with Crippen molar-refractivity contribution in [1.82, 2.24) is 5.32 Å². The van der Waals surface area contributed by atoms with Crippen LogP contribution in [0.5, 0.6) is 0 Å². The lowest BCUT2D eigenvalue weighted by Crippen LogP contribution is -2.47. The van der Waals surface area contributed by atoms with Gasteiger partial charge in [-0.1, -0.05) is 17.7 Å². The SMILES string of the molecule is CNC(C)(CCSc1ccc(C)cc1C)C(=O)O. The van der Waals surface area contributed by atoms with Crippen molar-refractivity contribution >= 4 is 17.7 Å². The first-order valence-corrected chi connectivity index (χ1v) is 7.00. The molecule has 0 aliphatic heterocycles. The Balaban J connectivity index is 2.58. The van der Waals surface area contributed by atoms with E-state index in [0.29, 0.717) is 6.42 Å². The van der Waals surface area contributed by atoms with Crippen LogP contribution >= 0.6 is 11.8 Å². The molecular weight excluding hydrogens is 246 g/mol. The number of carboxylic acid groups (broad SMARTS) is 1. The number of hydrogen-bond acceptors (Lipinski definition) is 3. The topological polar surface area (TPSA) is 49.3 Å². The number of thioether (sulfide) groups is 1. The van der Waals surface area contributed by atoms with Crippen molar-refractivity contribution in [2.24, 2.45) is 0 Å². The summed E-state index contributed by atoms with van der Waals surface area (Å²) in [6.45, 7) is 5.88. The van der Waals surface area contributed by atoms with Crippen LogP contribution in [-0.2, 0) is 4.79 Å². The Bertz CT molecular complexity index is 434. The van der Waals surface area contributed by atoms with Crippen molar-refractivity contribution in [2.45, 2.75) is 37.6 Å². The number of carbonyl (C=O) groups is 1. The maximum atomic E-state index is 11.1. The highest BCUT2D eigenvalue weighted by Gasteiger charge is 2.30. The molecular formula is C14H21NO2S. The molecule has 1 atom stereocenters. The molecule has 4 heteroatoms. The monoisotopic (exact) mass is 267 g/mol. The molecule has 18 heavy (non-hydrogen) atoms. The van der Waals surface area contributed by atoms with E-state index in [-0.39, 0.29) is 0 Å². The number of rotatable bonds is 6. The molecule has 0 aliphatic rings. The van der Waals surface area contributed by atoms with Crippen molar-refractivity contribution in [2.75, 3.05) is 12.8 Å². The summed E-state index contributed by atoms with van der Waals surface area (Å²) in [6.07, 6.45) is 0.594. The van der Waals surface area contributed by atoms with Crippen molar-refractivity contribution in [3.63, 3.8) is 0 Å². The summed E-state index contributed by atoms with van der Waals surface area (Å²) >= 11 is 1.71. The van der Waals surface area contributed by atoms with E-state index in [1.165, 1.54) is 16.0 Å². The quantitative estimate of drug-likeness (QED) is 0.778. The first-order chi connectivity index (χ1) is 8.39. The molecule has 0 bridgehead atoms. The van der Waals surface area contributed by atoms with Crippen molar-refractivity contribution < 1.29 is 9.90 Å². The predicted octanol–water partition coefficient (Wildman–Crippen LogP) is 2.85. The second-order valence-corrected chi connectivity index (χ2v) is 5.89. The van der Waals surface area contributed by atoms with Gasteiger partial charge < -0.3 is 10.4 Å². The zero-order chi connectivity index (χ0) is 13.8.